The van der Waals surface area contributed by atoms with Crippen molar-refractivity contribution in [1.29, 1.82) is 0 Å². The van der Waals surface area contributed by atoms with Crippen molar-refractivity contribution in [1.82, 2.24) is 0 Å². The zero-order chi connectivity index (χ0) is 13.8. The fourth-order valence-corrected chi connectivity index (χ4v) is 3.33. The quantitative estimate of drug-likeness (QED) is 0.787. The van der Waals surface area contributed by atoms with Gasteiger partial charge in [0, 0.05) is 20.7 Å². The molecule has 0 aromatic heterocycles. The first-order valence-corrected chi connectivity index (χ1v) is 7.60. The largest absolute Gasteiger partial charge is 0.392 e. The molecule has 0 aliphatic carbocycles. The van der Waals surface area contributed by atoms with Crippen LogP contribution in [-0.2, 0) is 6.61 Å². The molecule has 0 amide bonds. The summed E-state index contributed by atoms with van der Waals surface area (Å²) < 4.78 is 2.12. The van der Waals surface area contributed by atoms with Crippen LogP contribution in [0.5, 0.6) is 0 Å². The molecule has 19 heavy (non-hydrogen) atoms. The molecule has 0 aliphatic rings. The molecule has 0 fully saturated rings. The van der Waals surface area contributed by atoms with Gasteiger partial charge in [-0.05, 0) is 42.3 Å². The van der Waals surface area contributed by atoms with Crippen LogP contribution in [0, 0.1) is 0 Å². The maximum Gasteiger partial charge on any atom is 0.0682 e. The van der Waals surface area contributed by atoms with Gasteiger partial charge in [-0.1, -0.05) is 50.1 Å². The van der Waals surface area contributed by atoms with Gasteiger partial charge in [0.05, 0.1) is 6.61 Å². The summed E-state index contributed by atoms with van der Waals surface area (Å²) in [6, 6.07) is 14.1. The van der Waals surface area contributed by atoms with E-state index < -0.39 is 0 Å². The molecule has 0 saturated heterocycles. The van der Waals surface area contributed by atoms with E-state index in [4.69, 9.17) is 5.11 Å². The van der Waals surface area contributed by atoms with E-state index in [1.54, 1.807) is 0 Å². The molecule has 2 N–H and O–H groups in total. The summed E-state index contributed by atoms with van der Waals surface area (Å²) in [7, 11) is 0. The molecule has 0 bridgehead atoms. The zero-order valence-corrected chi connectivity index (χ0v) is 13.7. The van der Waals surface area contributed by atoms with Crippen molar-refractivity contribution in [2.75, 3.05) is 5.32 Å². The van der Waals surface area contributed by atoms with Gasteiger partial charge in [0.25, 0.3) is 0 Å². The molecule has 0 spiro atoms. The van der Waals surface area contributed by atoms with Crippen molar-refractivity contribution in [3.63, 3.8) is 0 Å². The first-order valence-electron chi connectivity index (χ1n) is 6.01. The van der Waals surface area contributed by atoms with Crippen molar-refractivity contribution in [2.24, 2.45) is 0 Å². The van der Waals surface area contributed by atoms with Crippen LogP contribution in [0.25, 0.3) is 0 Å². The van der Waals surface area contributed by atoms with Gasteiger partial charge in [0.2, 0.25) is 0 Å². The molecule has 0 aliphatic heterocycles. The predicted molar refractivity (Wildman–Crippen MR) is 86.2 cm³/mol. The van der Waals surface area contributed by atoms with Crippen LogP contribution in [0.15, 0.2) is 51.4 Å². The highest BCUT2D eigenvalue weighted by atomic mass is 79.9. The molecule has 0 heterocycles. The monoisotopic (exact) mass is 383 g/mol. The lowest BCUT2D eigenvalue weighted by Crippen LogP contribution is -2.07. The van der Waals surface area contributed by atoms with Gasteiger partial charge in [0.1, 0.15) is 0 Å². The number of benzene rings is 2. The third-order valence-electron chi connectivity index (χ3n) is 2.92. The number of nitrogens with one attached hydrogen (secondary N) is 1. The summed E-state index contributed by atoms with van der Waals surface area (Å²) in [4.78, 5) is 0. The summed E-state index contributed by atoms with van der Waals surface area (Å²) in [5.41, 5.74) is 3.11. The SMILES string of the molecule is CC(Nc1cccc(CO)c1)c1ccc(Br)cc1Br. The standard InChI is InChI=1S/C15H15Br2NO/c1-10(14-6-5-12(16)8-15(14)17)18-13-4-2-3-11(7-13)9-19/h2-8,10,18-19H,9H2,1H3. The Balaban J connectivity index is 2.17. The lowest BCUT2D eigenvalue weighted by molar-refractivity contribution is 0.282. The van der Waals surface area contributed by atoms with Crippen molar-refractivity contribution in [2.45, 2.75) is 19.6 Å². The molecule has 2 rings (SSSR count). The summed E-state index contributed by atoms with van der Waals surface area (Å²) in [5, 5.41) is 12.6. The fraction of sp³-hybridized carbons (Fsp3) is 0.200. The van der Waals surface area contributed by atoms with Crippen LogP contribution in [0.1, 0.15) is 24.1 Å². The number of hydrogen-bond acceptors (Lipinski definition) is 2. The number of rotatable bonds is 4. The third kappa shape index (κ3) is 3.81. The van der Waals surface area contributed by atoms with Crippen molar-refractivity contribution < 1.29 is 5.11 Å². The molecule has 0 radical (unpaired) electrons. The van der Waals surface area contributed by atoms with Crippen molar-refractivity contribution in [3.8, 4) is 0 Å². The van der Waals surface area contributed by atoms with Gasteiger partial charge < -0.3 is 10.4 Å². The highest BCUT2D eigenvalue weighted by Gasteiger charge is 2.09. The van der Waals surface area contributed by atoms with E-state index in [9.17, 15) is 0 Å². The lowest BCUT2D eigenvalue weighted by atomic mass is 10.1. The minimum Gasteiger partial charge on any atom is -0.392 e. The Hall–Kier alpha value is -0.840. The van der Waals surface area contributed by atoms with Gasteiger partial charge >= 0.3 is 0 Å². The van der Waals surface area contributed by atoms with Gasteiger partial charge in [-0.15, -0.1) is 0 Å². The van der Waals surface area contributed by atoms with Gasteiger partial charge in [-0.3, -0.25) is 0 Å². The van der Waals surface area contributed by atoms with E-state index in [0.717, 1.165) is 20.2 Å². The highest BCUT2D eigenvalue weighted by Crippen LogP contribution is 2.29. The fourth-order valence-electron chi connectivity index (χ4n) is 1.94. The van der Waals surface area contributed by atoms with Crippen LogP contribution >= 0.6 is 31.9 Å². The Morgan fingerprint density at radius 2 is 1.95 bits per heavy atom. The van der Waals surface area contributed by atoms with Crippen LogP contribution in [0.4, 0.5) is 5.69 Å². The summed E-state index contributed by atoms with van der Waals surface area (Å²) in [5.74, 6) is 0. The van der Waals surface area contributed by atoms with Gasteiger partial charge in [-0.25, -0.2) is 0 Å². The van der Waals surface area contributed by atoms with Crippen LogP contribution in [0.3, 0.4) is 0 Å². The Bertz CT molecular complexity index is 572. The molecule has 1 atom stereocenters. The van der Waals surface area contributed by atoms with E-state index >= 15 is 0 Å². The van der Waals surface area contributed by atoms with Crippen molar-refractivity contribution >= 4 is 37.5 Å². The molecule has 0 saturated carbocycles. The van der Waals surface area contributed by atoms with E-state index in [-0.39, 0.29) is 12.6 Å². The number of hydrogen-bond donors (Lipinski definition) is 2. The Labute approximate surface area is 130 Å². The normalized spacial score (nSPS) is 12.2. The maximum atomic E-state index is 9.15. The highest BCUT2D eigenvalue weighted by molar-refractivity contribution is 9.11. The predicted octanol–water partition coefficient (Wildman–Crippen LogP) is 4.88. The lowest BCUT2D eigenvalue weighted by Gasteiger charge is -2.18. The Kier molecular flexibility index (Phi) is 5.02. The van der Waals surface area contributed by atoms with E-state index in [1.165, 1.54) is 5.56 Å². The van der Waals surface area contributed by atoms with E-state index in [0.29, 0.717) is 0 Å². The van der Waals surface area contributed by atoms with Crippen LogP contribution < -0.4 is 5.32 Å². The van der Waals surface area contributed by atoms with E-state index in [1.807, 2.05) is 36.4 Å². The molecule has 2 aromatic rings. The molecule has 2 nitrogen and oxygen atoms in total. The Morgan fingerprint density at radius 1 is 1.16 bits per heavy atom. The first kappa shape index (κ1) is 14.6. The zero-order valence-electron chi connectivity index (χ0n) is 10.5. The average Bonchev–Trinajstić information content (AvgIpc) is 2.38. The van der Waals surface area contributed by atoms with Gasteiger partial charge in [0.15, 0.2) is 0 Å². The molecule has 4 heteroatoms. The average molecular weight is 385 g/mol. The molecule has 2 aromatic carbocycles. The number of anilines is 1. The van der Waals surface area contributed by atoms with E-state index in [2.05, 4.69) is 50.2 Å². The second kappa shape index (κ2) is 6.55. The molecule has 1 unspecified atom stereocenters. The third-order valence-corrected chi connectivity index (χ3v) is 4.10. The summed E-state index contributed by atoms with van der Waals surface area (Å²) in [6.07, 6.45) is 0. The number of halogens is 2. The number of aliphatic hydroxyl groups is 1. The number of aliphatic hydroxyl groups excluding tert-OH is 1. The smallest absolute Gasteiger partial charge is 0.0682 e. The van der Waals surface area contributed by atoms with Crippen molar-refractivity contribution in [3.05, 3.63) is 62.5 Å². The molecule has 100 valence electrons. The maximum absolute atomic E-state index is 9.15. The second-order valence-corrected chi connectivity index (χ2v) is 6.16. The minimum absolute atomic E-state index is 0.0614. The van der Waals surface area contributed by atoms with Crippen LogP contribution in [-0.4, -0.2) is 5.11 Å². The second-order valence-electron chi connectivity index (χ2n) is 4.39. The minimum atomic E-state index is 0.0614. The molecular formula is C15H15Br2NO. The van der Waals surface area contributed by atoms with Gasteiger partial charge in [-0.2, -0.15) is 0 Å². The summed E-state index contributed by atoms with van der Waals surface area (Å²) >= 11 is 7.03. The molecular weight excluding hydrogens is 370 g/mol. The summed E-state index contributed by atoms with van der Waals surface area (Å²) in [6.45, 7) is 2.17. The van der Waals surface area contributed by atoms with Crippen LogP contribution in [0.2, 0.25) is 0 Å². The first-order chi connectivity index (χ1) is 9.10. The Morgan fingerprint density at radius 3 is 2.63 bits per heavy atom. The topological polar surface area (TPSA) is 32.3 Å².